The molecule has 106 valence electrons. The minimum absolute atomic E-state index is 0.0582. The fourth-order valence-corrected chi connectivity index (χ4v) is 3.14. The van der Waals surface area contributed by atoms with Gasteiger partial charge in [0.15, 0.2) is 0 Å². The first kappa shape index (κ1) is 14.8. The standard InChI is InChI=1S/C16H24ClNO/c1-11-6-5-7-13(10-11)19-16(12(2)18)14-8-3-4-9-15(14)17/h3-4,8-9,11-13,16H,5-7,10,18H2,1-2H3. The lowest BCUT2D eigenvalue weighted by Gasteiger charge is -2.32. The third-order valence-electron chi connectivity index (χ3n) is 3.92. The van der Waals surface area contributed by atoms with Gasteiger partial charge in [-0.1, -0.05) is 49.6 Å². The number of benzene rings is 1. The molecule has 0 radical (unpaired) electrons. The van der Waals surface area contributed by atoms with Gasteiger partial charge in [-0.25, -0.2) is 0 Å². The zero-order valence-electron chi connectivity index (χ0n) is 11.8. The summed E-state index contributed by atoms with van der Waals surface area (Å²) < 4.78 is 6.28. The predicted molar refractivity (Wildman–Crippen MR) is 80.3 cm³/mol. The maximum Gasteiger partial charge on any atom is 0.0991 e. The molecule has 0 spiro atoms. The Bertz CT molecular complexity index is 407. The van der Waals surface area contributed by atoms with Crippen molar-refractivity contribution in [2.24, 2.45) is 11.7 Å². The largest absolute Gasteiger partial charge is 0.369 e. The molecule has 4 atom stereocenters. The van der Waals surface area contributed by atoms with Crippen molar-refractivity contribution >= 4 is 11.6 Å². The van der Waals surface area contributed by atoms with E-state index in [9.17, 15) is 0 Å². The second-order valence-corrected chi connectivity index (χ2v) is 6.24. The average molecular weight is 282 g/mol. The van der Waals surface area contributed by atoms with Crippen molar-refractivity contribution in [3.63, 3.8) is 0 Å². The molecule has 2 rings (SSSR count). The number of rotatable bonds is 4. The minimum atomic E-state index is -0.107. The Hall–Kier alpha value is -0.570. The summed E-state index contributed by atoms with van der Waals surface area (Å²) in [5, 5.41) is 0.744. The summed E-state index contributed by atoms with van der Waals surface area (Å²) in [6.07, 6.45) is 5.04. The van der Waals surface area contributed by atoms with Crippen molar-refractivity contribution in [1.29, 1.82) is 0 Å². The first-order chi connectivity index (χ1) is 9.08. The molecule has 4 unspecified atom stereocenters. The third kappa shape index (κ3) is 3.95. The summed E-state index contributed by atoms with van der Waals surface area (Å²) in [7, 11) is 0. The number of halogens is 1. The molecule has 1 fully saturated rings. The maximum absolute atomic E-state index is 6.28. The van der Waals surface area contributed by atoms with E-state index in [0.29, 0.717) is 6.10 Å². The molecule has 2 N–H and O–H groups in total. The van der Waals surface area contributed by atoms with Crippen LogP contribution in [-0.4, -0.2) is 12.1 Å². The van der Waals surface area contributed by atoms with Crippen LogP contribution in [0.25, 0.3) is 0 Å². The van der Waals surface area contributed by atoms with E-state index in [1.807, 2.05) is 31.2 Å². The summed E-state index contributed by atoms with van der Waals surface area (Å²) in [6.45, 7) is 4.28. The van der Waals surface area contributed by atoms with Crippen LogP contribution in [0.2, 0.25) is 5.02 Å². The van der Waals surface area contributed by atoms with E-state index in [-0.39, 0.29) is 12.1 Å². The van der Waals surface area contributed by atoms with Gasteiger partial charge in [0.1, 0.15) is 0 Å². The monoisotopic (exact) mass is 281 g/mol. The maximum atomic E-state index is 6.28. The van der Waals surface area contributed by atoms with Crippen molar-refractivity contribution in [3.8, 4) is 0 Å². The van der Waals surface area contributed by atoms with Crippen LogP contribution in [-0.2, 0) is 4.74 Å². The highest BCUT2D eigenvalue weighted by molar-refractivity contribution is 6.31. The molecule has 0 bridgehead atoms. The minimum Gasteiger partial charge on any atom is -0.369 e. The molecule has 19 heavy (non-hydrogen) atoms. The topological polar surface area (TPSA) is 35.2 Å². The van der Waals surface area contributed by atoms with Crippen LogP contribution >= 0.6 is 11.6 Å². The van der Waals surface area contributed by atoms with Crippen molar-refractivity contribution < 1.29 is 4.74 Å². The summed E-state index contributed by atoms with van der Waals surface area (Å²) >= 11 is 6.27. The Kier molecular flexibility index (Phi) is 5.26. The molecule has 2 nitrogen and oxygen atoms in total. The van der Waals surface area contributed by atoms with Crippen LogP contribution in [0.3, 0.4) is 0 Å². The number of nitrogens with two attached hydrogens (primary N) is 1. The van der Waals surface area contributed by atoms with E-state index < -0.39 is 0 Å². The van der Waals surface area contributed by atoms with Crippen LogP contribution in [0.1, 0.15) is 51.2 Å². The second kappa shape index (κ2) is 6.74. The van der Waals surface area contributed by atoms with E-state index >= 15 is 0 Å². The number of hydrogen-bond acceptors (Lipinski definition) is 2. The molecule has 1 aliphatic carbocycles. The van der Waals surface area contributed by atoms with Gasteiger partial charge < -0.3 is 10.5 Å². The molecule has 1 aromatic rings. The van der Waals surface area contributed by atoms with Gasteiger partial charge in [-0.15, -0.1) is 0 Å². The normalized spacial score (nSPS) is 26.9. The Balaban J connectivity index is 2.10. The van der Waals surface area contributed by atoms with Gasteiger partial charge in [-0.05, 0) is 31.7 Å². The average Bonchev–Trinajstić information content (AvgIpc) is 2.37. The quantitative estimate of drug-likeness (QED) is 0.892. The summed E-state index contributed by atoms with van der Waals surface area (Å²) in [5.74, 6) is 0.749. The van der Waals surface area contributed by atoms with Crippen LogP contribution in [0.4, 0.5) is 0 Å². The molecule has 0 heterocycles. The highest BCUT2D eigenvalue weighted by Gasteiger charge is 2.26. The van der Waals surface area contributed by atoms with E-state index in [4.69, 9.17) is 22.1 Å². The summed E-state index contributed by atoms with van der Waals surface area (Å²) in [6, 6.07) is 7.79. The third-order valence-corrected chi connectivity index (χ3v) is 4.26. The van der Waals surface area contributed by atoms with Crippen LogP contribution in [0.15, 0.2) is 24.3 Å². The fourth-order valence-electron chi connectivity index (χ4n) is 2.90. The van der Waals surface area contributed by atoms with Gasteiger partial charge in [-0.2, -0.15) is 0 Å². The van der Waals surface area contributed by atoms with E-state index in [0.717, 1.165) is 29.3 Å². The van der Waals surface area contributed by atoms with Crippen molar-refractivity contribution in [3.05, 3.63) is 34.9 Å². The number of hydrogen-bond donors (Lipinski definition) is 1. The molecule has 0 aliphatic heterocycles. The zero-order chi connectivity index (χ0) is 13.8. The molecule has 3 heteroatoms. The lowest BCUT2D eigenvalue weighted by atomic mass is 9.88. The molecule has 1 aliphatic rings. The predicted octanol–water partition coefficient (Wildman–Crippen LogP) is 4.32. The molecular formula is C16H24ClNO. The molecule has 0 amide bonds. The Morgan fingerprint density at radius 1 is 1.32 bits per heavy atom. The summed E-state index contributed by atoms with van der Waals surface area (Å²) in [4.78, 5) is 0. The van der Waals surface area contributed by atoms with E-state index in [1.54, 1.807) is 0 Å². The number of ether oxygens (including phenoxy) is 1. The van der Waals surface area contributed by atoms with Gasteiger partial charge in [0.2, 0.25) is 0 Å². The van der Waals surface area contributed by atoms with Gasteiger partial charge in [-0.3, -0.25) is 0 Å². The SMILES string of the molecule is CC1CCCC(OC(c2ccccc2Cl)C(C)N)C1. The first-order valence-electron chi connectivity index (χ1n) is 7.23. The lowest BCUT2D eigenvalue weighted by Crippen LogP contribution is -2.32. The molecular weight excluding hydrogens is 258 g/mol. The van der Waals surface area contributed by atoms with E-state index in [2.05, 4.69) is 6.92 Å². The van der Waals surface area contributed by atoms with Gasteiger partial charge in [0.25, 0.3) is 0 Å². The first-order valence-corrected chi connectivity index (χ1v) is 7.61. The van der Waals surface area contributed by atoms with E-state index in [1.165, 1.54) is 12.8 Å². The van der Waals surface area contributed by atoms with Crippen molar-refractivity contribution in [2.45, 2.75) is 57.8 Å². The van der Waals surface area contributed by atoms with Crippen LogP contribution in [0, 0.1) is 5.92 Å². The molecule has 1 aromatic carbocycles. The lowest BCUT2D eigenvalue weighted by molar-refractivity contribution is -0.0489. The Labute approximate surface area is 121 Å². The van der Waals surface area contributed by atoms with Gasteiger partial charge >= 0.3 is 0 Å². The summed E-state index contributed by atoms with van der Waals surface area (Å²) in [5.41, 5.74) is 7.12. The van der Waals surface area contributed by atoms with Gasteiger partial charge in [0.05, 0.1) is 12.2 Å². The van der Waals surface area contributed by atoms with Gasteiger partial charge in [0, 0.05) is 16.6 Å². The zero-order valence-corrected chi connectivity index (χ0v) is 12.6. The van der Waals surface area contributed by atoms with Crippen molar-refractivity contribution in [2.75, 3.05) is 0 Å². The van der Waals surface area contributed by atoms with Crippen LogP contribution in [0.5, 0.6) is 0 Å². The highest BCUT2D eigenvalue weighted by atomic mass is 35.5. The second-order valence-electron chi connectivity index (χ2n) is 5.83. The Morgan fingerprint density at radius 3 is 2.68 bits per heavy atom. The molecule has 0 aromatic heterocycles. The van der Waals surface area contributed by atoms with Crippen LogP contribution < -0.4 is 5.73 Å². The Morgan fingerprint density at radius 2 is 2.05 bits per heavy atom. The smallest absolute Gasteiger partial charge is 0.0991 e. The fraction of sp³-hybridized carbons (Fsp3) is 0.625. The van der Waals surface area contributed by atoms with Crippen molar-refractivity contribution in [1.82, 2.24) is 0 Å². The molecule has 1 saturated carbocycles. The molecule has 0 saturated heterocycles. The highest BCUT2D eigenvalue weighted by Crippen LogP contribution is 2.33.